The standard InChI is InChI=1S/C16H33NO2/c1-9-17(10-2)15(5,6)13(18)12-11-14(3,4)19-16(12,7)8/h12-13,18H,9-11H2,1-8H3. The molecule has 2 atom stereocenters. The average Bonchev–Trinajstić information content (AvgIpc) is 2.46. The normalized spacial score (nSPS) is 27.8. The van der Waals surface area contributed by atoms with Crippen LogP contribution < -0.4 is 0 Å². The first-order valence-corrected chi connectivity index (χ1v) is 7.61. The van der Waals surface area contributed by atoms with Crippen LogP contribution in [-0.4, -0.2) is 45.9 Å². The van der Waals surface area contributed by atoms with Crippen molar-refractivity contribution in [1.82, 2.24) is 4.90 Å². The third-order valence-electron chi connectivity index (χ3n) is 4.83. The zero-order valence-corrected chi connectivity index (χ0v) is 14.1. The van der Waals surface area contributed by atoms with E-state index in [1.54, 1.807) is 0 Å². The first kappa shape index (κ1) is 16.9. The highest BCUT2D eigenvalue weighted by atomic mass is 16.5. The Morgan fingerprint density at radius 1 is 1.21 bits per heavy atom. The molecule has 19 heavy (non-hydrogen) atoms. The lowest BCUT2D eigenvalue weighted by molar-refractivity contribution is -0.109. The summed E-state index contributed by atoms with van der Waals surface area (Å²) >= 11 is 0. The Morgan fingerprint density at radius 3 is 2.00 bits per heavy atom. The van der Waals surface area contributed by atoms with Crippen molar-refractivity contribution in [2.24, 2.45) is 5.92 Å². The summed E-state index contributed by atoms with van der Waals surface area (Å²) in [4.78, 5) is 2.33. The van der Waals surface area contributed by atoms with Gasteiger partial charge in [0, 0.05) is 11.5 Å². The summed E-state index contributed by atoms with van der Waals surface area (Å²) in [5.74, 6) is 0.165. The van der Waals surface area contributed by atoms with Crippen LogP contribution in [0.2, 0.25) is 0 Å². The van der Waals surface area contributed by atoms with Crippen LogP contribution in [0.1, 0.15) is 61.8 Å². The highest BCUT2D eigenvalue weighted by molar-refractivity contribution is 5.03. The summed E-state index contributed by atoms with van der Waals surface area (Å²) in [5.41, 5.74) is -0.642. The number of hydrogen-bond acceptors (Lipinski definition) is 3. The Bertz CT molecular complexity index is 306. The number of nitrogens with zero attached hydrogens (tertiary/aromatic N) is 1. The minimum absolute atomic E-state index is 0.144. The molecular formula is C16H33NO2. The summed E-state index contributed by atoms with van der Waals surface area (Å²) in [6.07, 6.45) is 0.524. The molecule has 2 unspecified atom stereocenters. The van der Waals surface area contributed by atoms with E-state index in [1.165, 1.54) is 0 Å². The van der Waals surface area contributed by atoms with Crippen LogP contribution >= 0.6 is 0 Å². The summed E-state index contributed by atoms with van der Waals surface area (Å²) < 4.78 is 6.13. The van der Waals surface area contributed by atoms with Gasteiger partial charge in [-0.2, -0.15) is 0 Å². The van der Waals surface area contributed by atoms with E-state index in [1.807, 2.05) is 0 Å². The SMILES string of the molecule is CCN(CC)C(C)(C)C(O)C1CC(C)(C)OC1(C)C. The molecule has 0 bridgehead atoms. The van der Waals surface area contributed by atoms with Crippen LogP contribution in [0, 0.1) is 5.92 Å². The van der Waals surface area contributed by atoms with E-state index in [4.69, 9.17) is 4.74 Å². The molecule has 1 aliphatic rings. The van der Waals surface area contributed by atoms with Gasteiger partial charge < -0.3 is 9.84 Å². The van der Waals surface area contributed by atoms with Gasteiger partial charge in [0.25, 0.3) is 0 Å². The zero-order chi connectivity index (χ0) is 15.1. The Kier molecular flexibility index (Phi) is 4.76. The molecule has 1 rings (SSSR count). The molecule has 0 spiro atoms. The van der Waals surface area contributed by atoms with Gasteiger partial charge in [-0.15, -0.1) is 0 Å². The number of ether oxygens (including phenoxy) is 1. The third kappa shape index (κ3) is 3.32. The number of rotatable bonds is 5. The summed E-state index contributed by atoms with van der Waals surface area (Å²) in [6, 6.07) is 0. The van der Waals surface area contributed by atoms with Gasteiger partial charge in [0.2, 0.25) is 0 Å². The molecule has 0 amide bonds. The molecular weight excluding hydrogens is 238 g/mol. The first-order valence-electron chi connectivity index (χ1n) is 7.61. The van der Waals surface area contributed by atoms with E-state index in [-0.39, 0.29) is 28.8 Å². The molecule has 0 aromatic carbocycles. The van der Waals surface area contributed by atoms with E-state index in [0.717, 1.165) is 19.5 Å². The quantitative estimate of drug-likeness (QED) is 0.834. The van der Waals surface area contributed by atoms with Gasteiger partial charge in [-0.3, -0.25) is 4.90 Å². The van der Waals surface area contributed by atoms with Gasteiger partial charge >= 0.3 is 0 Å². The first-order chi connectivity index (χ1) is 8.48. The van der Waals surface area contributed by atoms with Crippen LogP contribution in [0.4, 0.5) is 0 Å². The lowest BCUT2D eigenvalue weighted by Gasteiger charge is -2.45. The topological polar surface area (TPSA) is 32.7 Å². The molecule has 0 radical (unpaired) electrons. The summed E-state index contributed by atoms with van der Waals surface area (Å²) in [6.45, 7) is 18.9. The van der Waals surface area contributed by atoms with Crippen LogP contribution in [0.3, 0.4) is 0 Å². The molecule has 0 aromatic heterocycles. The maximum atomic E-state index is 11.0. The van der Waals surface area contributed by atoms with Gasteiger partial charge in [-0.05, 0) is 61.1 Å². The van der Waals surface area contributed by atoms with E-state index in [9.17, 15) is 5.11 Å². The smallest absolute Gasteiger partial charge is 0.0774 e. The second-order valence-electron chi connectivity index (χ2n) is 7.55. The average molecular weight is 271 g/mol. The van der Waals surface area contributed by atoms with Gasteiger partial charge in [-0.25, -0.2) is 0 Å². The molecule has 1 aliphatic heterocycles. The van der Waals surface area contributed by atoms with Crippen molar-refractivity contribution in [3.05, 3.63) is 0 Å². The second-order valence-corrected chi connectivity index (χ2v) is 7.55. The van der Waals surface area contributed by atoms with Gasteiger partial charge in [-0.1, -0.05) is 13.8 Å². The Balaban J connectivity index is 2.96. The highest BCUT2D eigenvalue weighted by Crippen LogP contribution is 2.46. The van der Waals surface area contributed by atoms with Crippen LogP contribution in [0.25, 0.3) is 0 Å². The fourth-order valence-corrected chi connectivity index (χ4v) is 3.81. The minimum Gasteiger partial charge on any atom is -0.391 e. The van der Waals surface area contributed by atoms with E-state index in [0.29, 0.717) is 0 Å². The molecule has 1 heterocycles. The second kappa shape index (κ2) is 5.34. The molecule has 3 heteroatoms. The maximum absolute atomic E-state index is 11.0. The molecule has 0 aliphatic carbocycles. The lowest BCUT2D eigenvalue weighted by Crippen LogP contribution is -2.57. The third-order valence-corrected chi connectivity index (χ3v) is 4.83. The fourth-order valence-electron chi connectivity index (χ4n) is 3.81. The lowest BCUT2D eigenvalue weighted by atomic mass is 9.75. The zero-order valence-electron chi connectivity index (χ0n) is 14.1. The van der Waals surface area contributed by atoms with Crippen molar-refractivity contribution in [2.75, 3.05) is 13.1 Å². The minimum atomic E-state index is -0.385. The van der Waals surface area contributed by atoms with Crippen molar-refractivity contribution < 1.29 is 9.84 Å². The predicted octanol–water partition coefficient (Wildman–Crippen LogP) is 3.06. The van der Waals surface area contributed by atoms with E-state index >= 15 is 0 Å². The van der Waals surface area contributed by atoms with Crippen molar-refractivity contribution >= 4 is 0 Å². The summed E-state index contributed by atoms with van der Waals surface area (Å²) in [5, 5.41) is 11.0. The monoisotopic (exact) mass is 271 g/mol. The van der Waals surface area contributed by atoms with Crippen LogP contribution in [-0.2, 0) is 4.74 Å². The Labute approximate surface area is 119 Å². The Morgan fingerprint density at radius 2 is 1.68 bits per heavy atom. The Hall–Kier alpha value is -0.120. The van der Waals surface area contributed by atoms with Crippen LogP contribution in [0.15, 0.2) is 0 Å². The molecule has 3 nitrogen and oxygen atoms in total. The molecule has 114 valence electrons. The molecule has 1 fully saturated rings. The van der Waals surface area contributed by atoms with Gasteiger partial charge in [0.1, 0.15) is 0 Å². The van der Waals surface area contributed by atoms with Crippen molar-refractivity contribution in [3.63, 3.8) is 0 Å². The summed E-state index contributed by atoms with van der Waals surface area (Å²) in [7, 11) is 0. The van der Waals surface area contributed by atoms with Gasteiger partial charge in [0.05, 0.1) is 17.3 Å². The molecule has 1 N–H and O–H groups in total. The van der Waals surface area contributed by atoms with Crippen molar-refractivity contribution in [2.45, 2.75) is 84.7 Å². The van der Waals surface area contributed by atoms with Crippen LogP contribution in [0.5, 0.6) is 0 Å². The maximum Gasteiger partial charge on any atom is 0.0774 e. The fraction of sp³-hybridized carbons (Fsp3) is 1.00. The van der Waals surface area contributed by atoms with Gasteiger partial charge in [0.15, 0.2) is 0 Å². The van der Waals surface area contributed by atoms with E-state index < -0.39 is 0 Å². The number of likely N-dealkylation sites (N-methyl/N-ethyl adjacent to an activating group) is 1. The van der Waals surface area contributed by atoms with E-state index in [2.05, 4.69) is 60.3 Å². The van der Waals surface area contributed by atoms with Crippen molar-refractivity contribution in [3.8, 4) is 0 Å². The molecule has 1 saturated heterocycles. The van der Waals surface area contributed by atoms with Crippen molar-refractivity contribution in [1.29, 1.82) is 0 Å². The number of aliphatic hydroxyl groups is 1. The number of hydrogen-bond donors (Lipinski definition) is 1. The number of aliphatic hydroxyl groups excluding tert-OH is 1. The molecule has 0 saturated carbocycles. The highest BCUT2D eigenvalue weighted by Gasteiger charge is 2.52. The largest absolute Gasteiger partial charge is 0.391 e. The predicted molar refractivity (Wildman–Crippen MR) is 80.4 cm³/mol. The molecule has 0 aromatic rings.